The van der Waals surface area contributed by atoms with Crippen LogP contribution < -0.4 is 10.6 Å². The van der Waals surface area contributed by atoms with E-state index < -0.39 is 9.84 Å². The number of benzene rings is 2. The lowest BCUT2D eigenvalue weighted by atomic mass is 10.0. The SMILES string of the molecule is Cc1cc(C(=O)NCCN2CCCC2)c(C=C2C(=O)Nc3ccc(S(=O)(=O)Cc4c(Cl)cccc4Cl)cc32)[nH]1. The van der Waals surface area contributed by atoms with Gasteiger partial charge in [-0.3, -0.25) is 9.59 Å². The summed E-state index contributed by atoms with van der Waals surface area (Å²) in [5.41, 5.74) is 3.14. The number of aryl methyl sites for hydroxylation is 1. The summed E-state index contributed by atoms with van der Waals surface area (Å²) in [6.07, 6.45) is 3.96. The van der Waals surface area contributed by atoms with Crippen LogP contribution >= 0.6 is 23.2 Å². The van der Waals surface area contributed by atoms with Crippen LogP contribution in [-0.4, -0.2) is 56.3 Å². The number of aromatic nitrogens is 1. The van der Waals surface area contributed by atoms with Crippen molar-refractivity contribution < 1.29 is 18.0 Å². The molecule has 1 fully saturated rings. The second-order valence-electron chi connectivity index (χ2n) is 9.76. The molecule has 5 rings (SSSR count). The summed E-state index contributed by atoms with van der Waals surface area (Å²) in [5.74, 6) is -1.01. The molecule has 11 heteroatoms. The Bertz CT molecular complexity index is 1570. The van der Waals surface area contributed by atoms with E-state index in [1.54, 1.807) is 36.4 Å². The Balaban J connectivity index is 1.42. The number of carbonyl (C=O) groups excluding carboxylic acids is 2. The number of amides is 2. The van der Waals surface area contributed by atoms with Crippen LogP contribution in [0, 0.1) is 6.92 Å². The number of rotatable bonds is 8. The minimum absolute atomic E-state index is 0.0298. The van der Waals surface area contributed by atoms with Crippen molar-refractivity contribution in [3.63, 3.8) is 0 Å². The van der Waals surface area contributed by atoms with Crippen LogP contribution in [0.25, 0.3) is 11.6 Å². The Kier molecular flexibility index (Phi) is 7.87. The standard InChI is InChI=1S/C28H28Cl2N4O4S/c1-17-13-21(27(35)31-9-12-34-10-2-3-11-34)26(32-17)15-20-19-14-18(7-8-25(19)33-28(20)36)39(37,38)16-22-23(29)5-4-6-24(22)30/h4-8,13-15,32H,2-3,9-12,16H2,1H3,(H,31,35)(H,33,36). The molecule has 2 aliphatic heterocycles. The molecule has 0 bridgehead atoms. The van der Waals surface area contributed by atoms with Gasteiger partial charge in [-0.15, -0.1) is 0 Å². The van der Waals surface area contributed by atoms with Gasteiger partial charge in [-0.25, -0.2) is 8.42 Å². The lowest BCUT2D eigenvalue weighted by molar-refractivity contribution is -0.110. The van der Waals surface area contributed by atoms with E-state index in [1.165, 1.54) is 25.0 Å². The summed E-state index contributed by atoms with van der Waals surface area (Å²) in [6.45, 7) is 5.25. The molecule has 0 radical (unpaired) electrons. The maximum absolute atomic E-state index is 13.3. The molecule has 0 atom stereocenters. The summed E-state index contributed by atoms with van der Waals surface area (Å²) < 4.78 is 26.6. The number of hydrogen-bond acceptors (Lipinski definition) is 5. The van der Waals surface area contributed by atoms with E-state index in [0.717, 1.165) is 25.3 Å². The molecule has 3 heterocycles. The number of anilines is 1. The fourth-order valence-electron chi connectivity index (χ4n) is 4.93. The minimum atomic E-state index is -3.84. The van der Waals surface area contributed by atoms with Crippen molar-refractivity contribution in [1.82, 2.24) is 15.2 Å². The van der Waals surface area contributed by atoms with Gasteiger partial charge in [0.15, 0.2) is 9.84 Å². The van der Waals surface area contributed by atoms with Gasteiger partial charge >= 0.3 is 0 Å². The highest BCUT2D eigenvalue weighted by Crippen LogP contribution is 2.36. The molecule has 2 amide bonds. The predicted octanol–water partition coefficient (Wildman–Crippen LogP) is 4.92. The Labute approximate surface area is 237 Å². The molecule has 3 N–H and O–H groups in total. The van der Waals surface area contributed by atoms with Crippen LogP contribution in [0.3, 0.4) is 0 Å². The van der Waals surface area contributed by atoms with Gasteiger partial charge in [-0.2, -0.15) is 0 Å². The first kappa shape index (κ1) is 27.5. The van der Waals surface area contributed by atoms with E-state index >= 15 is 0 Å². The van der Waals surface area contributed by atoms with Crippen molar-refractivity contribution in [1.29, 1.82) is 0 Å². The van der Waals surface area contributed by atoms with E-state index in [0.29, 0.717) is 34.6 Å². The van der Waals surface area contributed by atoms with Gasteiger partial charge in [0.2, 0.25) is 0 Å². The van der Waals surface area contributed by atoms with E-state index in [2.05, 4.69) is 20.5 Å². The smallest absolute Gasteiger partial charge is 0.256 e. The van der Waals surface area contributed by atoms with Gasteiger partial charge in [0.05, 0.1) is 27.5 Å². The van der Waals surface area contributed by atoms with Crippen LogP contribution in [0.4, 0.5) is 5.69 Å². The molecule has 1 saturated heterocycles. The molecule has 2 aliphatic rings. The summed E-state index contributed by atoms with van der Waals surface area (Å²) in [5, 5.41) is 6.26. The fraction of sp³-hybridized carbons (Fsp3) is 0.286. The average molecular weight is 588 g/mol. The lowest BCUT2D eigenvalue weighted by Gasteiger charge is -2.14. The Morgan fingerprint density at radius 3 is 2.54 bits per heavy atom. The molecule has 39 heavy (non-hydrogen) atoms. The molecule has 1 aromatic heterocycles. The first-order valence-corrected chi connectivity index (χ1v) is 15.1. The molecule has 0 spiro atoms. The van der Waals surface area contributed by atoms with Crippen molar-refractivity contribution in [2.24, 2.45) is 0 Å². The van der Waals surface area contributed by atoms with Crippen molar-refractivity contribution >= 4 is 62.2 Å². The van der Waals surface area contributed by atoms with Crippen LogP contribution in [-0.2, 0) is 20.4 Å². The Hall–Kier alpha value is -3.11. The number of nitrogens with one attached hydrogen (secondary N) is 3. The fourth-order valence-corrected chi connectivity index (χ4v) is 7.05. The number of carbonyl (C=O) groups is 2. The Morgan fingerprint density at radius 2 is 1.82 bits per heavy atom. The minimum Gasteiger partial charge on any atom is -0.358 e. The second kappa shape index (κ2) is 11.2. The normalized spacial score (nSPS) is 16.5. The zero-order valence-electron chi connectivity index (χ0n) is 21.3. The van der Waals surface area contributed by atoms with Crippen molar-refractivity contribution in [3.05, 3.63) is 80.6 Å². The molecule has 8 nitrogen and oxygen atoms in total. The van der Waals surface area contributed by atoms with Crippen LogP contribution in [0.5, 0.6) is 0 Å². The second-order valence-corrected chi connectivity index (χ2v) is 12.6. The third kappa shape index (κ3) is 5.91. The van der Waals surface area contributed by atoms with Crippen LogP contribution in [0.1, 0.15) is 45.7 Å². The van der Waals surface area contributed by atoms with E-state index in [1.807, 2.05) is 6.92 Å². The highest BCUT2D eigenvalue weighted by atomic mass is 35.5. The maximum atomic E-state index is 13.3. The zero-order valence-corrected chi connectivity index (χ0v) is 23.6. The monoisotopic (exact) mass is 586 g/mol. The maximum Gasteiger partial charge on any atom is 0.256 e. The molecule has 2 aromatic carbocycles. The Morgan fingerprint density at radius 1 is 1.10 bits per heavy atom. The lowest BCUT2D eigenvalue weighted by Crippen LogP contribution is -2.33. The van der Waals surface area contributed by atoms with Gasteiger partial charge < -0.3 is 20.5 Å². The van der Waals surface area contributed by atoms with E-state index in [9.17, 15) is 18.0 Å². The van der Waals surface area contributed by atoms with Crippen molar-refractivity contribution in [2.75, 3.05) is 31.5 Å². The van der Waals surface area contributed by atoms with Crippen LogP contribution in [0.2, 0.25) is 10.0 Å². The summed E-state index contributed by atoms with van der Waals surface area (Å²) in [6, 6.07) is 11.0. The quantitative estimate of drug-likeness (QED) is 0.324. The molecule has 3 aromatic rings. The van der Waals surface area contributed by atoms with Crippen molar-refractivity contribution in [3.8, 4) is 0 Å². The summed E-state index contributed by atoms with van der Waals surface area (Å²) in [7, 11) is -3.84. The number of hydrogen-bond donors (Lipinski definition) is 3. The average Bonchev–Trinajstić information content (AvgIpc) is 3.61. The van der Waals surface area contributed by atoms with Gasteiger partial charge in [0, 0.05) is 45.6 Å². The molecule has 0 unspecified atom stereocenters. The van der Waals surface area contributed by atoms with Gasteiger partial charge in [-0.1, -0.05) is 29.3 Å². The molecular formula is C28H28Cl2N4O4S. The summed E-state index contributed by atoms with van der Waals surface area (Å²) >= 11 is 12.4. The molecule has 204 valence electrons. The first-order valence-electron chi connectivity index (χ1n) is 12.7. The van der Waals surface area contributed by atoms with Gasteiger partial charge in [0.25, 0.3) is 11.8 Å². The van der Waals surface area contributed by atoms with E-state index in [-0.39, 0.29) is 38.1 Å². The number of sulfone groups is 1. The van der Waals surface area contributed by atoms with Gasteiger partial charge in [0.1, 0.15) is 0 Å². The number of H-pyrrole nitrogens is 1. The number of fused-ring (bicyclic) bond motifs is 1. The molecular weight excluding hydrogens is 559 g/mol. The largest absolute Gasteiger partial charge is 0.358 e. The highest BCUT2D eigenvalue weighted by Gasteiger charge is 2.28. The first-order chi connectivity index (χ1) is 18.6. The highest BCUT2D eigenvalue weighted by molar-refractivity contribution is 7.90. The molecule has 0 saturated carbocycles. The van der Waals surface area contributed by atoms with Crippen LogP contribution in [0.15, 0.2) is 47.4 Å². The summed E-state index contributed by atoms with van der Waals surface area (Å²) in [4.78, 5) is 31.4. The third-order valence-corrected chi connectivity index (χ3v) is 9.31. The zero-order chi connectivity index (χ0) is 27.7. The third-order valence-electron chi connectivity index (χ3n) is 6.96. The molecule has 0 aliphatic carbocycles. The van der Waals surface area contributed by atoms with Gasteiger partial charge in [-0.05, 0) is 75.3 Å². The number of halogens is 2. The predicted molar refractivity (Wildman–Crippen MR) is 154 cm³/mol. The van der Waals surface area contributed by atoms with Crippen molar-refractivity contribution in [2.45, 2.75) is 30.4 Å². The topological polar surface area (TPSA) is 111 Å². The number of nitrogens with zero attached hydrogens (tertiary/aromatic N) is 1. The van der Waals surface area contributed by atoms with E-state index in [4.69, 9.17) is 23.2 Å². The number of likely N-dealkylation sites (tertiary alicyclic amines) is 1. The number of aromatic amines is 1.